The van der Waals surface area contributed by atoms with E-state index < -0.39 is 11.9 Å². The first-order valence-corrected chi connectivity index (χ1v) is 9.19. The predicted molar refractivity (Wildman–Crippen MR) is 101 cm³/mol. The monoisotopic (exact) mass is 376 g/mol. The number of benzene rings is 1. The Morgan fingerprint density at radius 3 is 2.62 bits per heavy atom. The quantitative estimate of drug-likeness (QED) is 0.775. The minimum atomic E-state index is -0.962. The number of carbonyl (C=O) groups is 2. The summed E-state index contributed by atoms with van der Waals surface area (Å²) in [5, 5.41) is 12.3. The number of amides is 1. The molecular weight excluding hydrogens is 352 g/mol. The Bertz CT molecular complexity index is 780. The Morgan fingerprint density at radius 2 is 2.00 bits per heavy atom. The Morgan fingerprint density at radius 1 is 1.31 bits per heavy atom. The first kappa shape index (κ1) is 19.9. The number of carboxylic acid groups (broad SMARTS) is 1. The Balaban J connectivity index is 2.09. The number of nitrogens with one attached hydrogen (secondary N) is 1. The van der Waals surface area contributed by atoms with Gasteiger partial charge in [-0.25, -0.2) is 4.98 Å². The summed E-state index contributed by atoms with van der Waals surface area (Å²) in [5.74, 6) is -1.36. The first-order valence-electron chi connectivity index (χ1n) is 8.31. The second kappa shape index (κ2) is 8.31. The fourth-order valence-electron chi connectivity index (χ4n) is 2.62. The number of aliphatic carboxylic acids is 1. The van der Waals surface area contributed by atoms with Gasteiger partial charge in [0.15, 0.2) is 0 Å². The highest BCUT2D eigenvalue weighted by Crippen LogP contribution is 2.27. The van der Waals surface area contributed by atoms with E-state index in [0.717, 1.165) is 11.3 Å². The van der Waals surface area contributed by atoms with Gasteiger partial charge in [0.05, 0.1) is 24.2 Å². The standard InChI is InChI=1S/C19H24N2O4S/c1-19(2,3)16-15(26-11-21-16)17(22)20-10-13(18(23)24)9-12-7-5-6-8-14(12)25-4/h5-8,11,13H,9-10H2,1-4H3,(H,20,22)(H,23,24). The fourth-order valence-corrected chi connectivity index (χ4v) is 3.53. The van der Waals surface area contributed by atoms with Crippen LogP contribution in [0.15, 0.2) is 29.8 Å². The lowest BCUT2D eigenvalue weighted by Gasteiger charge is -2.18. The zero-order valence-electron chi connectivity index (χ0n) is 15.4. The molecule has 0 spiro atoms. The molecule has 0 saturated heterocycles. The number of nitrogens with zero attached hydrogens (tertiary/aromatic N) is 1. The summed E-state index contributed by atoms with van der Waals surface area (Å²) in [6, 6.07) is 7.29. The van der Waals surface area contributed by atoms with Crippen LogP contribution in [0.3, 0.4) is 0 Å². The molecule has 2 rings (SSSR count). The summed E-state index contributed by atoms with van der Waals surface area (Å²) in [4.78, 5) is 29.0. The van der Waals surface area contributed by atoms with Crippen molar-refractivity contribution in [1.29, 1.82) is 0 Å². The smallest absolute Gasteiger partial charge is 0.308 e. The van der Waals surface area contributed by atoms with E-state index >= 15 is 0 Å². The lowest BCUT2D eigenvalue weighted by molar-refractivity contribution is -0.141. The molecular formula is C19H24N2O4S. The molecule has 1 aromatic heterocycles. The van der Waals surface area contributed by atoms with Crippen LogP contribution in [0.2, 0.25) is 0 Å². The highest BCUT2D eigenvalue weighted by atomic mass is 32.1. The lowest BCUT2D eigenvalue weighted by Crippen LogP contribution is -2.34. The molecule has 0 aliphatic heterocycles. The second-order valence-corrected chi connectivity index (χ2v) is 7.90. The van der Waals surface area contributed by atoms with Gasteiger partial charge in [-0.2, -0.15) is 0 Å². The van der Waals surface area contributed by atoms with Gasteiger partial charge in [0, 0.05) is 12.0 Å². The largest absolute Gasteiger partial charge is 0.496 e. The maximum absolute atomic E-state index is 12.5. The highest BCUT2D eigenvalue weighted by molar-refractivity contribution is 7.11. The summed E-state index contributed by atoms with van der Waals surface area (Å²) in [6.07, 6.45) is 0.272. The second-order valence-electron chi connectivity index (χ2n) is 7.04. The van der Waals surface area contributed by atoms with E-state index in [1.54, 1.807) is 18.7 Å². The molecule has 1 atom stereocenters. The molecule has 0 aliphatic carbocycles. The van der Waals surface area contributed by atoms with Gasteiger partial charge in [-0.15, -0.1) is 11.3 Å². The third kappa shape index (κ3) is 4.82. The van der Waals surface area contributed by atoms with Crippen LogP contribution in [-0.2, 0) is 16.6 Å². The molecule has 0 saturated carbocycles. The summed E-state index contributed by atoms with van der Waals surface area (Å²) in [6.45, 7) is 6.00. The van der Waals surface area contributed by atoms with Crippen molar-refractivity contribution in [2.24, 2.45) is 5.92 Å². The van der Waals surface area contributed by atoms with Gasteiger partial charge in [0.1, 0.15) is 10.6 Å². The SMILES string of the molecule is COc1ccccc1CC(CNC(=O)c1scnc1C(C)(C)C)C(=O)O. The molecule has 2 aromatic rings. The Hall–Kier alpha value is -2.41. The van der Waals surface area contributed by atoms with Gasteiger partial charge in [0.25, 0.3) is 5.91 Å². The van der Waals surface area contributed by atoms with Crippen LogP contribution in [0, 0.1) is 5.92 Å². The number of carboxylic acids is 1. The maximum Gasteiger partial charge on any atom is 0.308 e. The molecule has 0 aliphatic rings. The highest BCUT2D eigenvalue weighted by Gasteiger charge is 2.26. The Kier molecular flexibility index (Phi) is 6.37. The number of hydrogen-bond acceptors (Lipinski definition) is 5. The van der Waals surface area contributed by atoms with Crippen molar-refractivity contribution < 1.29 is 19.4 Å². The maximum atomic E-state index is 12.5. The summed E-state index contributed by atoms with van der Waals surface area (Å²) < 4.78 is 5.28. The van der Waals surface area contributed by atoms with Crippen molar-refractivity contribution >= 4 is 23.2 Å². The molecule has 1 heterocycles. The number of thiazole rings is 1. The first-order chi connectivity index (χ1) is 12.2. The van der Waals surface area contributed by atoms with Crippen LogP contribution in [0.1, 0.15) is 41.7 Å². The number of aromatic nitrogens is 1. The molecule has 6 nitrogen and oxygen atoms in total. The Labute approximate surface area is 157 Å². The number of rotatable bonds is 7. The van der Waals surface area contributed by atoms with Crippen molar-refractivity contribution in [3.63, 3.8) is 0 Å². The van der Waals surface area contributed by atoms with E-state index in [9.17, 15) is 14.7 Å². The number of para-hydroxylation sites is 1. The lowest BCUT2D eigenvalue weighted by atomic mass is 9.91. The van der Waals surface area contributed by atoms with Crippen molar-refractivity contribution in [3.05, 3.63) is 45.9 Å². The molecule has 0 radical (unpaired) electrons. The van der Waals surface area contributed by atoms with E-state index in [4.69, 9.17) is 4.74 Å². The van der Waals surface area contributed by atoms with Gasteiger partial charge < -0.3 is 15.2 Å². The average molecular weight is 376 g/mol. The van der Waals surface area contributed by atoms with Crippen molar-refractivity contribution in [1.82, 2.24) is 10.3 Å². The minimum Gasteiger partial charge on any atom is -0.496 e. The van der Waals surface area contributed by atoms with E-state index in [-0.39, 0.29) is 24.3 Å². The predicted octanol–water partition coefficient (Wildman–Crippen LogP) is 3.12. The normalized spacial score (nSPS) is 12.5. The molecule has 0 bridgehead atoms. The molecule has 1 unspecified atom stereocenters. The molecule has 1 aromatic carbocycles. The van der Waals surface area contributed by atoms with Gasteiger partial charge in [-0.05, 0) is 18.1 Å². The summed E-state index contributed by atoms with van der Waals surface area (Å²) in [7, 11) is 1.55. The molecule has 0 fully saturated rings. The van der Waals surface area contributed by atoms with E-state index in [1.165, 1.54) is 11.3 Å². The molecule has 2 N–H and O–H groups in total. The van der Waals surface area contributed by atoms with Gasteiger partial charge in [-0.3, -0.25) is 9.59 Å². The van der Waals surface area contributed by atoms with E-state index in [2.05, 4.69) is 10.3 Å². The summed E-state index contributed by atoms with van der Waals surface area (Å²) >= 11 is 1.26. The topological polar surface area (TPSA) is 88.5 Å². The van der Waals surface area contributed by atoms with Crippen LogP contribution in [-0.4, -0.2) is 35.6 Å². The van der Waals surface area contributed by atoms with Crippen LogP contribution < -0.4 is 10.1 Å². The van der Waals surface area contributed by atoms with Gasteiger partial charge in [-0.1, -0.05) is 39.0 Å². The zero-order chi connectivity index (χ0) is 19.3. The number of carbonyl (C=O) groups excluding carboxylic acids is 1. The van der Waals surface area contributed by atoms with Crippen molar-refractivity contribution in [2.45, 2.75) is 32.6 Å². The average Bonchev–Trinajstić information content (AvgIpc) is 3.08. The van der Waals surface area contributed by atoms with Crippen LogP contribution in [0.5, 0.6) is 5.75 Å². The molecule has 1 amide bonds. The molecule has 26 heavy (non-hydrogen) atoms. The van der Waals surface area contributed by atoms with Gasteiger partial charge in [0.2, 0.25) is 0 Å². The van der Waals surface area contributed by atoms with Crippen molar-refractivity contribution in [3.8, 4) is 5.75 Å². The minimum absolute atomic E-state index is 0.0354. The van der Waals surface area contributed by atoms with E-state index in [0.29, 0.717) is 10.6 Å². The van der Waals surface area contributed by atoms with Crippen LogP contribution >= 0.6 is 11.3 Å². The van der Waals surface area contributed by atoms with Gasteiger partial charge >= 0.3 is 5.97 Å². The fraction of sp³-hybridized carbons (Fsp3) is 0.421. The van der Waals surface area contributed by atoms with Crippen molar-refractivity contribution in [2.75, 3.05) is 13.7 Å². The summed E-state index contributed by atoms with van der Waals surface area (Å²) in [5.41, 5.74) is 2.90. The molecule has 140 valence electrons. The van der Waals surface area contributed by atoms with Crippen LogP contribution in [0.25, 0.3) is 0 Å². The van der Waals surface area contributed by atoms with E-state index in [1.807, 2.05) is 39.0 Å². The number of methoxy groups -OCH3 is 1. The zero-order valence-corrected chi connectivity index (χ0v) is 16.2. The number of hydrogen-bond donors (Lipinski definition) is 2. The molecule has 7 heteroatoms. The third-order valence-corrected chi connectivity index (χ3v) is 4.83. The third-order valence-electron chi connectivity index (χ3n) is 4.00. The van der Waals surface area contributed by atoms with Crippen LogP contribution in [0.4, 0.5) is 0 Å². The number of ether oxygens (including phenoxy) is 1.